The summed E-state index contributed by atoms with van der Waals surface area (Å²) in [6, 6.07) is 3.03. The first kappa shape index (κ1) is 16.7. The number of aromatic nitrogens is 1. The molecule has 0 aliphatic carbocycles. The molecule has 0 unspecified atom stereocenters. The van der Waals surface area contributed by atoms with Gasteiger partial charge in [-0.1, -0.05) is 0 Å². The van der Waals surface area contributed by atoms with Crippen LogP contribution in [0.5, 0.6) is 5.88 Å². The summed E-state index contributed by atoms with van der Waals surface area (Å²) in [7, 11) is -1.61. The van der Waals surface area contributed by atoms with E-state index in [9.17, 15) is 18.0 Å². The summed E-state index contributed by atoms with van der Waals surface area (Å²) in [5, 5.41) is 2.73. The zero-order valence-electron chi connectivity index (χ0n) is 13.3. The lowest BCUT2D eigenvalue weighted by atomic mass is 10.1. The summed E-state index contributed by atoms with van der Waals surface area (Å²) in [5.74, 6) is -0.581. The van der Waals surface area contributed by atoms with Crippen molar-refractivity contribution in [3.63, 3.8) is 0 Å². The minimum atomic E-state index is -3.07. The van der Waals surface area contributed by atoms with Gasteiger partial charge in [0, 0.05) is 25.2 Å². The van der Waals surface area contributed by atoms with Crippen LogP contribution >= 0.6 is 0 Å². The summed E-state index contributed by atoms with van der Waals surface area (Å²) in [6.45, 7) is 0.243. The average Bonchev–Trinajstić information content (AvgIpc) is 3.10. The van der Waals surface area contributed by atoms with Gasteiger partial charge in [0.15, 0.2) is 9.84 Å². The van der Waals surface area contributed by atoms with Crippen molar-refractivity contribution < 1.29 is 22.7 Å². The maximum atomic E-state index is 12.4. The Morgan fingerprint density at radius 3 is 2.92 bits per heavy atom. The quantitative estimate of drug-likeness (QED) is 0.821. The SMILES string of the molecule is COc1ncccc1NC(=O)[C@@H]1CC(=O)N([C@@H]2CCS(=O)(=O)C2)C1. The number of carbonyl (C=O) groups is 2. The molecule has 0 aromatic carbocycles. The molecule has 1 N–H and O–H groups in total. The van der Waals surface area contributed by atoms with Gasteiger partial charge in [0.25, 0.3) is 0 Å². The molecule has 3 rings (SSSR count). The van der Waals surface area contributed by atoms with E-state index in [1.54, 1.807) is 18.3 Å². The molecule has 2 aliphatic heterocycles. The number of hydrogen-bond acceptors (Lipinski definition) is 6. The second kappa shape index (κ2) is 6.39. The number of nitrogens with one attached hydrogen (secondary N) is 1. The Hall–Kier alpha value is -2.16. The highest BCUT2D eigenvalue weighted by Gasteiger charge is 2.42. The molecule has 2 atom stereocenters. The second-order valence-corrected chi connectivity index (χ2v) is 8.28. The van der Waals surface area contributed by atoms with E-state index < -0.39 is 15.8 Å². The molecule has 0 radical (unpaired) electrons. The molecule has 0 saturated carbocycles. The van der Waals surface area contributed by atoms with Crippen molar-refractivity contribution in [2.75, 3.05) is 30.5 Å². The fourth-order valence-electron chi connectivity index (χ4n) is 3.16. The standard InChI is InChI=1S/C15H19N3O5S/c1-23-15-12(3-2-5-16-15)17-14(20)10-7-13(19)18(8-10)11-4-6-24(21,22)9-11/h2-3,5,10-11H,4,6-9H2,1H3,(H,17,20)/t10-,11-/m1/s1. The first-order valence-electron chi connectivity index (χ1n) is 7.69. The molecule has 1 aromatic rings. The van der Waals surface area contributed by atoms with Crippen LogP contribution in [0.25, 0.3) is 0 Å². The Bertz CT molecular complexity index is 764. The minimum absolute atomic E-state index is 0.0104. The predicted octanol–water partition coefficient (Wildman–Crippen LogP) is 0.0643. The molecule has 2 saturated heterocycles. The molecular formula is C15H19N3O5S. The molecule has 130 valence electrons. The van der Waals surface area contributed by atoms with Crippen LogP contribution in [0.4, 0.5) is 5.69 Å². The summed E-state index contributed by atoms with van der Waals surface area (Å²) < 4.78 is 28.3. The van der Waals surface area contributed by atoms with Crippen LogP contribution in [0.2, 0.25) is 0 Å². The van der Waals surface area contributed by atoms with Gasteiger partial charge in [0.2, 0.25) is 17.7 Å². The highest BCUT2D eigenvalue weighted by molar-refractivity contribution is 7.91. The molecule has 2 amide bonds. The van der Waals surface area contributed by atoms with E-state index in [2.05, 4.69) is 10.3 Å². The van der Waals surface area contributed by atoms with E-state index in [0.717, 1.165) is 0 Å². The van der Waals surface area contributed by atoms with Gasteiger partial charge in [0.1, 0.15) is 5.69 Å². The lowest BCUT2D eigenvalue weighted by Gasteiger charge is -2.23. The molecule has 8 nitrogen and oxygen atoms in total. The number of rotatable bonds is 4. The van der Waals surface area contributed by atoms with Crippen molar-refractivity contribution in [1.82, 2.24) is 9.88 Å². The van der Waals surface area contributed by atoms with Crippen molar-refractivity contribution in [2.45, 2.75) is 18.9 Å². The zero-order chi connectivity index (χ0) is 17.3. The number of amides is 2. The van der Waals surface area contributed by atoms with Crippen LogP contribution in [0.1, 0.15) is 12.8 Å². The molecular weight excluding hydrogens is 334 g/mol. The largest absolute Gasteiger partial charge is 0.480 e. The zero-order valence-corrected chi connectivity index (χ0v) is 14.1. The predicted molar refractivity (Wildman–Crippen MR) is 86.3 cm³/mol. The molecule has 24 heavy (non-hydrogen) atoms. The number of pyridine rings is 1. The van der Waals surface area contributed by atoms with Crippen molar-refractivity contribution >= 4 is 27.3 Å². The number of ether oxygens (including phenoxy) is 1. The smallest absolute Gasteiger partial charge is 0.237 e. The summed E-state index contributed by atoms with van der Waals surface area (Å²) >= 11 is 0. The average molecular weight is 353 g/mol. The third kappa shape index (κ3) is 3.35. The molecule has 0 bridgehead atoms. The molecule has 2 fully saturated rings. The Morgan fingerprint density at radius 2 is 2.25 bits per heavy atom. The number of nitrogens with zero attached hydrogens (tertiary/aromatic N) is 2. The number of carbonyl (C=O) groups excluding carboxylic acids is 2. The van der Waals surface area contributed by atoms with Crippen LogP contribution in [0.15, 0.2) is 18.3 Å². The van der Waals surface area contributed by atoms with Gasteiger partial charge in [-0.25, -0.2) is 13.4 Å². The van der Waals surface area contributed by atoms with Crippen LogP contribution in [0, 0.1) is 5.92 Å². The normalized spacial score (nSPS) is 25.7. The Kier molecular flexibility index (Phi) is 4.44. The maximum Gasteiger partial charge on any atom is 0.237 e. The molecule has 3 heterocycles. The van der Waals surface area contributed by atoms with Gasteiger partial charge in [0.05, 0.1) is 24.5 Å². The second-order valence-electron chi connectivity index (χ2n) is 6.05. The van der Waals surface area contributed by atoms with Crippen molar-refractivity contribution in [1.29, 1.82) is 0 Å². The first-order valence-corrected chi connectivity index (χ1v) is 9.51. The Morgan fingerprint density at radius 1 is 1.46 bits per heavy atom. The van der Waals surface area contributed by atoms with E-state index in [0.29, 0.717) is 18.0 Å². The number of likely N-dealkylation sites (tertiary alicyclic amines) is 1. The van der Waals surface area contributed by atoms with E-state index >= 15 is 0 Å². The van der Waals surface area contributed by atoms with E-state index in [1.807, 2.05) is 0 Å². The maximum absolute atomic E-state index is 12.4. The van der Waals surface area contributed by atoms with Crippen LogP contribution in [-0.2, 0) is 19.4 Å². The lowest BCUT2D eigenvalue weighted by Crippen LogP contribution is -2.38. The van der Waals surface area contributed by atoms with Gasteiger partial charge < -0.3 is 15.0 Å². The number of anilines is 1. The van der Waals surface area contributed by atoms with E-state index in [4.69, 9.17) is 4.74 Å². The number of hydrogen-bond donors (Lipinski definition) is 1. The van der Waals surface area contributed by atoms with Gasteiger partial charge in [-0.3, -0.25) is 9.59 Å². The highest BCUT2D eigenvalue weighted by Crippen LogP contribution is 2.28. The Labute approximate surface area is 140 Å². The third-order valence-corrected chi connectivity index (χ3v) is 6.15. The lowest BCUT2D eigenvalue weighted by molar-refractivity contribution is -0.129. The van der Waals surface area contributed by atoms with E-state index in [-0.39, 0.29) is 42.3 Å². The minimum Gasteiger partial charge on any atom is -0.480 e. The van der Waals surface area contributed by atoms with Crippen molar-refractivity contribution in [3.8, 4) is 5.88 Å². The fraction of sp³-hybridized carbons (Fsp3) is 0.533. The van der Waals surface area contributed by atoms with Gasteiger partial charge in [-0.05, 0) is 18.6 Å². The van der Waals surface area contributed by atoms with Crippen molar-refractivity contribution in [3.05, 3.63) is 18.3 Å². The molecule has 0 spiro atoms. The van der Waals surface area contributed by atoms with Gasteiger partial charge in [-0.15, -0.1) is 0 Å². The third-order valence-electron chi connectivity index (χ3n) is 4.40. The Balaban J connectivity index is 1.66. The van der Waals surface area contributed by atoms with Crippen LogP contribution < -0.4 is 10.1 Å². The molecule has 2 aliphatic rings. The summed E-state index contributed by atoms with van der Waals surface area (Å²) in [5.41, 5.74) is 0.444. The van der Waals surface area contributed by atoms with Crippen LogP contribution in [-0.4, -0.2) is 61.3 Å². The molecule has 1 aromatic heterocycles. The van der Waals surface area contributed by atoms with E-state index in [1.165, 1.54) is 12.0 Å². The number of methoxy groups -OCH3 is 1. The van der Waals surface area contributed by atoms with Crippen LogP contribution in [0.3, 0.4) is 0 Å². The van der Waals surface area contributed by atoms with Gasteiger partial charge >= 0.3 is 0 Å². The number of sulfone groups is 1. The highest BCUT2D eigenvalue weighted by atomic mass is 32.2. The monoisotopic (exact) mass is 353 g/mol. The fourth-order valence-corrected chi connectivity index (χ4v) is 4.90. The summed E-state index contributed by atoms with van der Waals surface area (Å²) in [4.78, 5) is 30.1. The topological polar surface area (TPSA) is 106 Å². The van der Waals surface area contributed by atoms with Gasteiger partial charge in [-0.2, -0.15) is 0 Å². The molecule has 9 heteroatoms. The van der Waals surface area contributed by atoms with Crippen molar-refractivity contribution in [2.24, 2.45) is 5.92 Å². The summed E-state index contributed by atoms with van der Waals surface area (Å²) in [6.07, 6.45) is 2.08. The first-order chi connectivity index (χ1) is 11.4.